The topological polar surface area (TPSA) is 54.9 Å². The lowest BCUT2D eigenvalue weighted by atomic mass is 10.2. The van der Waals surface area contributed by atoms with Crippen LogP contribution in [0.15, 0.2) is 59.1 Å². The quantitative estimate of drug-likeness (QED) is 0.639. The van der Waals surface area contributed by atoms with Crippen LogP contribution in [0.25, 0.3) is 11.3 Å². The summed E-state index contributed by atoms with van der Waals surface area (Å²) in [6, 6.07) is 11.3. The molecule has 1 N–H and O–H groups in total. The van der Waals surface area contributed by atoms with E-state index in [-0.39, 0.29) is 11.2 Å². The van der Waals surface area contributed by atoms with Crippen LogP contribution >= 0.6 is 34.7 Å². The van der Waals surface area contributed by atoms with Gasteiger partial charge in [0.2, 0.25) is 5.91 Å². The monoisotopic (exact) mass is 375 g/mol. The number of nitrogens with one attached hydrogen (secondary N) is 1. The standard InChI is InChI=1S/C17H14ClN3OS2/c1-11(24-15-7-3-2-6-13(15)18)16(22)21-17-20-14(10-23-17)12-5-4-8-19-9-12/h2-11H,1H3,(H,20,21,22). The zero-order chi connectivity index (χ0) is 16.9. The van der Waals surface area contributed by atoms with Gasteiger partial charge in [0.25, 0.3) is 0 Å². The summed E-state index contributed by atoms with van der Waals surface area (Å²) >= 11 is 8.95. The molecule has 122 valence electrons. The Hall–Kier alpha value is -1.89. The molecule has 2 aromatic heterocycles. The minimum absolute atomic E-state index is 0.105. The molecule has 1 atom stereocenters. The Balaban J connectivity index is 1.65. The molecule has 4 nitrogen and oxygen atoms in total. The van der Waals surface area contributed by atoms with Gasteiger partial charge in [-0.2, -0.15) is 0 Å². The van der Waals surface area contributed by atoms with Gasteiger partial charge in [-0.15, -0.1) is 23.1 Å². The van der Waals surface area contributed by atoms with Gasteiger partial charge >= 0.3 is 0 Å². The Bertz CT molecular complexity index is 839. The molecule has 24 heavy (non-hydrogen) atoms. The number of anilines is 1. The van der Waals surface area contributed by atoms with E-state index in [0.717, 1.165) is 16.2 Å². The van der Waals surface area contributed by atoms with Crippen LogP contribution in [0.5, 0.6) is 0 Å². The van der Waals surface area contributed by atoms with E-state index in [0.29, 0.717) is 10.2 Å². The van der Waals surface area contributed by atoms with Crippen molar-refractivity contribution in [2.45, 2.75) is 17.1 Å². The number of nitrogens with zero attached hydrogens (tertiary/aromatic N) is 2. The molecular weight excluding hydrogens is 362 g/mol. The molecule has 2 heterocycles. The SMILES string of the molecule is CC(Sc1ccccc1Cl)C(=O)Nc1nc(-c2cccnc2)cs1. The zero-order valence-corrected chi connectivity index (χ0v) is 15.2. The fourth-order valence-corrected chi connectivity index (χ4v) is 3.85. The van der Waals surface area contributed by atoms with E-state index in [4.69, 9.17) is 11.6 Å². The van der Waals surface area contributed by atoms with E-state index in [1.54, 1.807) is 12.4 Å². The maximum atomic E-state index is 12.4. The molecule has 0 bridgehead atoms. The van der Waals surface area contributed by atoms with Crippen molar-refractivity contribution in [2.24, 2.45) is 0 Å². The molecule has 3 rings (SSSR count). The number of hydrogen-bond acceptors (Lipinski definition) is 5. The van der Waals surface area contributed by atoms with Gasteiger partial charge in [-0.1, -0.05) is 23.7 Å². The second kappa shape index (κ2) is 7.79. The van der Waals surface area contributed by atoms with E-state index < -0.39 is 0 Å². The predicted octanol–water partition coefficient (Wildman–Crippen LogP) is 4.98. The van der Waals surface area contributed by atoms with E-state index in [9.17, 15) is 4.79 Å². The lowest BCUT2D eigenvalue weighted by Gasteiger charge is -2.11. The smallest absolute Gasteiger partial charge is 0.239 e. The van der Waals surface area contributed by atoms with E-state index in [2.05, 4.69) is 15.3 Å². The summed E-state index contributed by atoms with van der Waals surface area (Å²) in [6.45, 7) is 1.85. The number of pyridine rings is 1. The fraction of sp³-hybridized carbons (Fsp3) is 0.118. The molecule has 0 saturated carbocycles. The van der Waals surface area contributed by atoms with Gasteiger partial charge in [0, 0.05) is 28.2 Å². The summed E-state index contributed by atoms with van der Waals surface area (Å²) in [7, 11) is 0. The molecule has 0 fully saturated rings. The average molecular weight is 376 g/mol. The number of carbonyl (C=O) groups is 1. The highest BCUT2D eigenvalue weighted by atomic mass is 35.5. The van der Waals surface area contributed by atoms with Crippen molar-refractivity contribution in [3.63, 3.8) is 0 Å². The predicted molar refractivity (Wildman–Crippen MR) is 101 cm³/mol. The Labute approximate surface area is 153 Å². The number of thiazole rings is 1. The minimum atomic E-state index is -0.282. The average Bonchev–Trinajstić information content (AvgIpc) is 3.06. The van der Waals surface area contributed by atoms with Crippen LogP contribution in [0.2, 0.25) is 5.02 Å². The van der Waals surface area contributed by atoms with Crippen LogP contribution in [-0.2, 0) is 4.79 Å². The number of hydrogen-bond donors (Lipinski definition) is 1. The van der Waals surface area contributed by atoms with Crippen LogP contribution in [0.4, 0.5) is 5.13 Å². The molecule has 0 aliphatic heterocycles. The molecule has 0 spiro atoms. The number of amides is 1. The number of halogens is 1. The Morgan fingerprint density at radius 1 is 1.29 bits per heavy atom. The van der Waals surface area contributed by atoms with Crippen LogP contribution in [0.3, 0.4) is 0 Å². The summed E-state index contributed by atoms with van der Waals surface area (Å²) < 4.78 is 0. The molecule has 1 amide bonds. The lowest BCUT2D eigenvalue weighted by molar-refractivity contribution is -0.115. The molecule has 1 unspecified atom stereocenters. The third-order valence-corrected chi connectivity index (χ3v) is 5.58. The van der Waals surface area contributed by atoms with Gasteiger partial charge in [-0.3, -0.25) is 9.78 Å². The Morgan fingerprint density at radius 2 is 2.12 bits per heavy atom. The van der Waals surface area contributed by atoms with E-state index in [1.807, 2.05) is 48.7 Å². The number of aromatic nitrogens is 2. The molecule has 3 aromatic rings. The highest BCUT2D eigenvalue weighted by Crippen LogP contribution is 2.31. The highest BCUT2D eigenvalue weighted by Gasteiger charge is 2.17. The van der Waals surface area contributed by atoms with Crippen LogP contribution in [-0.4, -0.2) is 21.1 Å². The molecule has 1 aromatic carbocycles. The van der Waals surface area contributed by atoms with Crippen molar-refractivity contribution in [3.8, 4) is 11.3 Å². The van der Waals surface area contributed by atoms with Crippen molar-refractivity contribution in [1.82, 2.24) is 9.97 Å². The van der Waals surface area contributed by atoms with Gasteiger partial charge in [0.15, 0.2) is 5.13 Å². The van der Waals surface area contributed by atoms with Crippen molar-refractivity contribution in [3.05, 3.63) is 59.2 Å². The summed E-state index contributed by atoms with van der Waals surface area (Å²) in [4.78, 5) is 21.8. The first kappa shape index (κ1) is 17.0. The third kappa shape index (κ3) is 4.14. The maximum absolute atomic E-state index is 12.4. The van der Waals surface area contributed by atoms with Crippen molar-refractivity contribution >= 4 is 45.7 Å². The lowest BCUT2D eigenvalue weighted by Crippen LogP contribution is -2.22. The zero-order valence-electron chi connectivity index (χ0n) is 12.8. The van der Waals surface area contributed by atoms with Gasteiger partial charge in [0.05, 0.1) is 16.0 Å². The fourth-order valence-electron chi connectivity index (χ4n) is 1.97. The summed E-state index contributed by atoms with van der Waals surface area (Å²) in [5.41, 5.74) is 1.72. The molecular formula is C17H14ClN3OS2. The summed E-state index contributed by atoms with van der Waals surface area (Å²) in [6.07, 6.45) is 3.46. The maximum Gasteiger partial charge on any atom is 0.239 e. The van der Waals surface area contributed by atoms with Crippen LogP contribution in [0, 0.1) is 0 Å². The summed E-state index contributed by atoms with van der Waals surface area (Å²) in [5.74, 6) is -0.105. The van der Waals surface area contributed by atoms with Gasteiger partial charge in [-0.25, -0.2) is 4.98 Å². The van der Waals surface area contributed by atoms with Gasteiger partial charge in [0.1, 0.15) is 0 Å². The normalized spacial score (nSPS) is 11.9. The van der Waals surface area contributed by atoms with Gasteiger partial charge in [-0.05, 0) is 31.2 Å². The van der Waals surface area contributed by atoms with Crippen LogP contribution < -0.4 is 5.32 Å². The van der Waals surface area contributed by atoms with Crippen molar-refractivity contribution < 1.29 is 4.79 Å². The highest BCUT2D eigenvalue weighted by molar-refractivity contribution is 8.00. The number of carbonyl (C=O) groups excluding carboxylic acids is 1. The molecule has 0 saturated heterocycles. The molecule has 0 radical (unpaired) electrons. The number of thioether (sulfide) groups is 1. The number of benzene rings is 1. The Morgan fingerprint density at radius 3 is 2.88 bits per heavy atom. The van der Waals surface area contributed by atoms with Crippen molar-refractivity contribution in [2.75, 3.05) is 5.32 Å². The van der Waals surface area contributed by atoms with Crippen molar-refractivity contribution in [1.29, 1.82) is 0 Å². The molecule has 7 heteroatoms. The second-order valence-corrected chi connectivity index (χ2v) is 7.61. The number of rotatable bonds is 5. The first-order valence-corrected chi connectivity index (χ1v) is 9.35. The largest absolute Gasteiger partial charge is 0.301 e. The summed E-state index contributed by atoms with van der Waals surface area (Å²) in [5, 5.41) is 5.70. The van der Waals surface area contributed by atoms with Gasteiger partial charge < -0.3 is 5.32 Å². The molecule has 0 aliphatic rings. The second-order valence-electron chi connectivity index (χ2n) is 4.96. The first-order chi connectivity index (χ1) is 11.6. The minimum Gasteiger partial charge on any atom is -0.301 e. The van der Waals surface area contributed by atoms with E-state index in [1.165, 1.54) is 23.1 Å². The third-order valence-electron chi connectivity index (χ3n) is 3.20. The van der Waals surface area contributed by atoms with Crippen LogP contribution in [0.1, 0.15) is 6.92 Å². The first-order valence-electron chi connectivity index (χ1n) is 7.21. The molecule has 0 aliphatic carbocycles. The Kier molecular flexibility index (Phi) is 5.50. The van der Waals surface area contributed by atoms with E-state index >= 15 is 0 Å².